The molecule has 2 saturated carbocycles. The van der Waals surface area contributed by atoms with Gasteiger partial charge in [0.1, 0.15) is 5.76 Å². The first-order valence-corrected chi connectivity index (χ1v) is 10.0. The molecule has 2 amide bonds. The molecule has 0 spiro atoms. The van der Waals surface area contributed by atoms with Crippen molar-refractivity contribution in [3.63, 3.8) is 0 Å². The molecule has 138 valence electrons. The minimum Gasteiger partial charge on any atom is -0.360 e. The summed E-state index contributed by atoms with van der Waals surface area (Å²) < 4.78 is 4.89. The number of nitrogens with two attached hydrogens (primary N) is 1. The van der Waals surface area contributed by atoms with E-state index in [1.165, 1.54) is 18.2 Å². The van der Waals surface area contributed by atoms with Gasteiger partial charge in [0, 0.05) is 18.2 Å². The molecule has 8 heteroatoms. The molecule has 0 radical (unpaired) electrons. The number of aryl methyl sites for hydroxylation is 1. The van der Waals surface area contributed by atoms with Gasteiger partial charge >= 0.3 is 0 Å². The van der Waals surface area contributed by atoms with Crippen LogP contribution in [0.2, 0.25) is 0 Å². The zero-order chi connectivity index (χ0) is 17.8. The highest BCUT2D eigenvalue weighted by atomic mass is 32.2. The predicted octanol–water partition coefficient (Wildman–Crippen LogP) is 1.68. The average Bonchev–Trinajstić information content (AvgIpc) is 2.93. The lowest BCUT2D eigenvalue weighted by molar-refractivity contribution is -0.120. The summed E-state index contributed by atoms with van der Waals surface area (Å²) in [5, 5.41) is 9.55. The molecule has 4 N–H and O–H groups in total. The Balaban J connectivity index is 1.38. The number of rotatable bonds is 6. The molecule has 2 fully saturated rings. The van der Waals surface area contributed by atoms with Gasteiger partial charge in [-0.05, 0) is 44.4 Å². The van der Waals surface area contributed by atoms with Gasteiger partial charge in [0.05, 0.1) is 11.5 Å². The van der Waals surface area contributed by atoms with E-state index in [2.05, 4.69) is 15.8 Å². The Morgan fingerprint density at radius 3 is 2.60 bits per heavy atom. The first-order chi connectivity index (χ1) is 12.0. The molecule has 2 aliphatic rings. The minimum absolute atomic E-state index is 0.00690. The van der Waals surface area contributed by atoms with Gasteiger partial charge in [0.15, 0.2) is 5.82 Å². The van der Waals surface area contributed by atoms with Crippen molar-refractivity contribution in [2.45, 2.75) is 51.1 Å². The second-order valence-corrected chi connectivity index (χ2v) is 8.13. The van der Waals surface area contributed by atoms with Crippen LogP contribution in [0.1, 0.15) is 37.9 Å². The first-order valence-electron chi connectivity index (χ1n) is 8.87. The molecule has 0 aliphatic heterocycles. The van der Waals surface area contributed by atoms with Gasteiger partial charge in [-0.2, -0.15) is 0 Å². The third-order valence-corrected chi connectivity index (χ3v) is 6.00. The summed E-state index contributed by atoms with van der Waals surface area (Å²) in [4.78, 5) is 24.1. The van der Waals surface area contributed by atoms with Gasteiger partial charge in [-0.15, -0.1) is 11.8 Å². The van der Waals surface area contributed by atoms with E-state index >= 15 is 0 Å². The van der Waals surface area contributed by atoms with E-state index in [0.717, 1.165) is 25.7 Å². The highest BCUT2D eigenvalue weighted by Crippen LogP contribution is 2.39. The van der Waals surface area contributed by atoms with E-state index in [4.69, 9.17) is 10.3 Å². The van der Waals surface area contributed by atoms with Gasteiger partial charge in [-0.3, -0.25) is 9.59 Å². The van der Waals surface area contributed by atoms with Crippen LogP contribution in [0.5, 0.6) is 0 Å². The van der Waals surface area contributed by atoms with Crippen molar-refractivity contribution in [2.24, 2.45) is 17.6 Å². The molecule has 2 aliphatic carbocycles. The monoisotopic (exact) mass is 366 g/mol. The predicted molar refractivity (Wildman–Crippen MR) is 97.2 cm³/mol. The smallest absolute Gasteiger partial charge is 0.235 e. The molecular formula is C17H26N4O3S. The Hall–Kier alpha value is -1.54. The van der Waals surface area contributed by atoms with Crippen LogP contribution in [0, 0.1) is 18.8 Å². The van der Waals surface area contributed by atoms with Crippen molar-refractivity contribution in [3.05, 3.63) is 11.8 Å². The molecule has 1 aromatic heterocycles. The molecule has 1 aromatic rings. The van der Waals surface area contributed by atoms with E-state index in [0.29, 0.717) is 23.4 Å². The summed E-state index contributed by atoms with van der Waals surface area (Å²) in [7, 11) is 0. The largest absolute Gasteiger partial charge is 0.360 e. The maximum atomic E-state index is 12.2. The molecule has 0 aromatic carbocycles. The summed E-state index contributed by atoms with van der Waals surface area (Å²) in [5.74, 6) is 2.37. The highest BCUT2D eigenvalue weighted by molar-refractivity contribution is 8.00. The number of hydrogen-bond acceptors (Lipinski definition) is 6. The molecule has 1 heterocycles. The fourth-order valence-corrected chi connectivity index (χ4v) is 4.72. The fraction of sp³-hybridized carbons (Fsp3) is 0.706. The van der Waals surface area contributed by atoms with Gasteiger partial charge in [0.2, 0.25) is 11.8 Å². The van der Waals surface area contributed by atoms with Crippen molar-refractivity contribution in [1.82, 2.24) is 10.5 Å². The third kappa shape index (κ3) is 4.98. The zero-order valence-corrected chi connectivity index (χ0v) is 15.3. The summed E-state index contributed by atoms with van der Waals surface area (Å²) in [6.45, 7) is 1.76. The van der Waals surface area contributed by atoms with E-state index in [-0.39, 0.29) is 35.4 Å². The Kier molecular flexibility index (Phi) is 6.01. The molecule has 3 rings (SSSR count). The van der Waals surface area contributed by atoms with Crippen molar-refractivity contribution in [3.8, 4) is 0 Å². The summed E-state index contributed by atoms with van der Waals surface area (Å²) in [5.41, 5.74) is 6.12. The van der Waals surface area contributed by atoms with E-state index in [1.807, 2.05) is 0 Å². The Labute approximate surface area is 151 Å². The lowest BCUT2D eigenvalue weighted by atomic mass is 9.67. The zero-order valence-electron chi connectivity index (χ0n) is 14.5. The summed E-state index contributed by atoms with van der Waals surface area (Å²) in [6.07, 6.45) is 5.57. The van der Waals surface area contributed by atoms with Crippen molar-refractivity contribution >= 4 is 29.4 Å². The van der Waals surface area contributed by atoms with Crippen molar-refractivity contribution in [2.75, 3.05) is 16.8 Å². The van der Waals surface area contributed by atoms with Crippen LogP contribution in [0.15, 0.2) is 10.6 Å². The molecular weight excluding hydrogens is 340 g/mol. The molecule has 7 nitrogen and oxygen atoms in total. The number of thioether (sulfide) groups is 1. The van der Waals surface area contributed by atoms with Crippen molar-refractivity contribution < 1.29 is 14.1 Å². The van der Waals surface area contributed by atoms with Crippen LogP contribution in [0.3, 0.4) is 0 Å². The van der Waals surface area contributed by atoms with E-state index < -0.39 is 0 Å². The van der Waals surface area contributed by atoms with Crippen LogP contribution in [-0.4, -0.2) is 40.6 Å². The van der Waals surface area contributed by atoms with Crippen LogP contribution in [0.25, 0.3) is 0 Å². The second kappa shape index (κ2) is 8.23. The van der Waals surface area contributed by atoms with Crippen LogP contribution in [-0.2, 0) is 9.59 Å². The number of nitrogens with one attached hydrogen (secondary N) is 2. The molecule has 2 atom stereocenters. The average molecular weight is 366 g/mol. The number of fused-ring (bicyclic) bond motifs is 2. The van der Waals surface area contributed by atoms with Gasteiger partial charge in [-0.1, -0.05) is 11.6 Å². The number of nitrogens with zero attached hydrogens (tertiary/aromatic N) is 1. The third-order valence-electron chi connectivity index (χ3n) is 5.07. The maximum Gasteiger partial charge on any atom is 0.235 e. The van der Waals surface area contributed by atoms with E-state index in [9.17, 15) is 9.59 Å². The molecule has 2 unspecified atom stereocenters. The number of aromatic nitrogens is 1. The fourth-order valence-electron chi connectivity index (χ4n) is 4.09. The molecule has 0 saturated heterocycles. The summed E-state index contributed by atoms with van der Waals surface area (Å²) >= 11 is 1.31. The van der Waals surface area contributed by atoms with Crippen LogP contribution >= 0.6 is 11.8 Å². The molecule has 2 bridgehead atoms. The van der Waals surface area contributed by atoms with Crippen LogP contribution in [0.4, 0.5) is 5.82 Å². The lowest BCUT2D eigenvalue weighted by Gasteiger charge is -2.45. The first kappa shape index (κ1) is 18.3. The number of anilines is 1. The van der Waals surface area contributed by atoms with E-state index in [1.54, 1.807) is 13.0 Å². The van der Waals surface area contributed by atoms with Crippen molar-refractivity contribution in [1.29, 1.82) is 0 Å². The number of carbonyl (C=O) groups is 2. The number of hydrogen-bond donors (Lipinski definition) is 3. The number of carbonyl (C=O) groups excluding carboxylic acids is 2. The highest BCUT2D eigenvalue weighted by Gasteiger charge is 2.39. The minimum atomic E-state index is -0.188. The van der Waals surface area contributed by atoms with Gasteiger partial charge < -0.3 is 20.9 Å². The lowest BCUT2D eigenvalue weighted by Crippen LogP contribution is -2.54. The molecule has 25 heavy (non-hydrogen) atoms. The van der Waals surface area contributed by atoms with Gasteiger partial charge in [0.25, 0.3) is 0 Å². The summed E-state index contributed by atoms with van der Waals surface area (Å²) in [6, 6.07) is 2.19. The SMILES string of the molecule is Cc1cc(NC(=O)CSCC(=O)NC2C3CCCC2CC(N)C3)no1. The standard InChI is InChI=1S/C17H26N4O3S/c1-10-5-14(21-24-10)19-15(22)8-25-9-16(23)20-17-11-3-2-4-12(17)7-13(18)6-11/h5,11-13,17H,2-4,6-9,18H2,1H3,(H,20,23)(H,19,21,22). The van der Waals surface area contributed by atoms with Gasteiger partial charge in [-0.25, -0.2) is 0 Å². The topological polar surface area (TPSA) is 110 Å². The normalized spacial score (nSPS) is 28.4. The Morgan fingerprint density at radius 1 is 1.28 bits per heavy atom. The maximum absolute atomic E-state index is 12.2. The quantitative estimate of drug-likeness (QED) is 0.706. The second-order valence-electron chi connectivity index (χ2n) is 7.14. The number of amides is 2. The van der Waals surface area contributed by atoms with Crippen LogP contribution < -0.4 is 16.4 Å². The Bertz CT molecular complexity index is 607. The Morgan fingerprint density at radius 2 is 1.96 bits per heavy atom.